The summed E-state index contributed by atoms with van der Waals surface area (Å²) >= 11 is 0. The third-order valence-corrected chi connectivity index (χ3v) is 3.21. The van der Waals surface area contributed by atoms with Crippen LogP contribution in [0.2, 0.25) is 0 Å². The summed E-state index contributed by atoms with van der Waals surface area (Å²) in [5.74, 6) is -0.369. The molecule has 1 atom stereocenters. The first kappa shape index (κ1) is 15.8. The fraction of sp³-hybridized carbons (Fsp3) is 0.846. The Balaban J connectivity index is 2.36. The van der Waals surface area contributed by atoms with Crippen LogP contribution in [0.1, 0.15) is 26.7 Å². The van der Waals surface area contributed by atoms with E-state index in [2.05, 4.69) is 24.5 Å². The minimum absolute atomic E-state index is 0.00404. The molecule has 1 fully saturated rings. The first-order valence-electron chi connectivity index (χ1n) is 6.94. The number of urea groups is 1. The van der Waals surface area contributed by atoms with Gasteiger partial charge < -0.3 is 20.6 Å². The summed E-state index contributed by atoms with van der Waals surface area (Å²) in [5.41, 5.74) is 0. The van der Waals surface area contributed by atoms with Crippen molar-refractivity contribution in [2.75, 3.05) is 32.7 Å². The van der Waals surface area contributed by atoms with Gasteiger partial charge in [0.15, 0.2) is 0 Å². The van der Waals surface area contributed by atoms with E-state index in [1.165, 1.54) is 0 Å². The molecule has 1 aliphatic rings. The van der Waals surface area contributed by atoms with Gasteiger partial charge in [-0.1, -0.05) is 13.8 Å². The van der Waals surface area contributed by atoms with Gasteiger partial charge in [0.25, 0.3) is 0 Å². The van der Waals surface area contributed by atoms with E-state index in [4.69, 9.17) is 5.11 Å². The Morgan fingerprint density at radius 1 is 1.32 bits per heavy atom. The summed E-state index contributed by atoms with van der Waals surface area (Å²) in [6, 6.07) is -0.0827. The van der Waals surface area contributed by atoms with E-state index in [1.807, 2.05) is 0 Å². The average molecular weight is 271 g/mol. The van der Waals surface area contributed by atoms with E-state index in [0.29, 0.717) is 25.6 Å². The van der Waals surface area contributed by atoms with Gasteiger partial charge >= 0.3 is 12.0 Å². The number of nitrogens with one attached hydrogen (secondary N) is 2. The van der Waals surface area contributed by atoms with Crippen LogP contribution in [-0.4, -0.2) is 54.7 Å². The van der Waals surface area contributed by atoms with E-state index in [9.17, 15) is 9.59 Å². The van der Waals surface area contributed by atoms with E-state index in [1.54, 1.807) is 4.90 Å². The molecule has 0 saturated carbocycles. The lowest BCUT2D eigenvalue weighted by atomic mass is 9.94. The Morgan fingerprint density at radius 2 is 1.95 bits per heavy atom. The van der Waals surface area contributed by atoms with Crippen LogP contribution in [0.25, 0.3) is 0 Å². The maximum Gasteiger partial charge on any atom is 0.317 e. The SMILES string of the molecule is CC(C)C[C@H](CNC(=O)N1CCNCC1)CC(=O)O. The minimum atomic E-state index is -0.804. The van der Waals surface area contributed by atoms with Crippen LogP contribution in [0.15, 0.2) is 0 Å². The summed E-state index contributed by atoms with van der Waals surface area (Å²) < 4.78 is 0. The minimum Gasteiger partial charge on any atom is -0.481 e. The molecule has 0 bridgehead atoms. The first-order chi connectivity index (χ1) is 8.99. The Labute approximate surface area is 114 Å². The van der Waals surface area contributed by atoms with Gasteiger partial charge in [-0.15, -0.1) is 0 Å². The van der Waals surface area contributed by atoms with E-state index in [0.717, 1.165) is 19.5 Å². The zero-order valence-electron chi connectivity index (χ0n) is 11.8. The van der Waals surface area contributed by atoms with Crippen molar-refractivity contribution >= 4 is 12.0 Å². The first-order valence-corrected chi connectivity index (χ1v) is 6.94. The van der Waals surface area contributed by atoms with Gasteiger partial charge in [-0.2, -0.15) is 0 Å². The van der Waals surface area contributed by atoms with E-state index < -0.39 is 5.97 Å². The third-order valence-electron chi connectivity index (χ3n) is 3.21. The number of carboxylic acid groups (broad SMARTS) is 1. The van der Waals surface area contributed by atoms with Crippen molar-refractivity contribution in [3.8, 4) is 0 Å². The Bertz CT molecular complexity index is 302. The molecule has 1 saturated heterocycles. The highest BCUT2D eigenvalue weighted by Crippen LogP contribution is 2.14. The number of nitrogens with zero attached hydrogens (tertiary/aromatic N) is 1. The molecule has 0 radical (unpaired) electrons. The van der Waals surface area contributed by atoms with Gasteiger partial charge in [-0.3, -0.25) is 4.79 Å². The van der Waals surface area contributed by atoms with Gasteiger partial charge in [-0.05, 0) is 18.3 Å². The van der Waals surface area contributed by atoms with E-state index in [-0.39, 0.29) is 18.4 Å². The fourth-order valence-corrected chi connectivity index (χ4v) is 2.36. The zero-order chi connectivity index (χ0) is 14.3. The molecule has 0 aromatic rings. The van der Waals surface area contributed by atoms with Gasteiger partial charge in [0, 0.05) is 39.1 Å². The lowest BCUT2D eigenvalue weighted by Gasteiger charge is -2.28. The highest BCUT2D eigenvalue weighted by Gasteiger charge is 2.19. The number of piperazine rings is 1. The smallest absolute Gasteiger partial charge is 0.317 e. The number of rotatable bonds is 6. The molecule has 3 N–H and O–H groups in total. The van der Waals surface area contributed by atoms with Crippen molar-refractivity contribution < 1.29 is 14.7 Å². The second kappa shape index (κ2) is 7.99. The molecule has 1 heterocycles. The summed E-state index contributed by atoms with van der Waals surface area (Å²) in [4.78, 5) is 24.5. The quantitative estimate of drug-likeness (QED) is 0.665. The number of hydrogen-bond acceptors (Lipinski definition) is 3. The lowest BCUT2D eigenvalue weighted by Crippen LogP contribution is -2.50. The molecule has 2 amide bonds. The summed E-state index contributed by atoms with van der Waals surface area (Å²) in [7, 11) is 0. The molecule has 0 unspecified atom stereocenters. The van der Waals surface area contributed by atoms with Gasteiger partial charge in [0.05, 0.1) is 0 Å². The molecular weight excluding hydrogens is 246 g/mol. The fourth-order valence-electron chi connectivity index (χ4n) is 2.36. The van der Waals surface area contributed by atoms with Crippen molar-refractivity contribution in [3.05, 3.63) is 0 Å². The molecule has 0 spiro atoms. The molecule has 0 aromatic heterocycles. The van der Waals surface area contributed by atoms with Crippen LogP contribution in [-0.2, 0) is 4.79 Å². The monoisotopic (exact) mass is 271 g/mol. The molecule has 19 heavy (non-hydrogen) atoms. The third kappa shape index (κ3) is 6.42. The van der Waals surface area contributed by atoms with Crippen LogP contribution in [0, 0.1) is 11.8 Å². The van der Waals surface area contributed by atoms with Crippen LogP contribution in [0.3, 0.4) is 0 Å². The Morgan fingerprint density at radius 3 is 2.47 bits per heavy atom. The lowest BCUT2D eigenvalue weighted by molar-refractivity contribution is -0.138. The van der Waals surface area contributed by atoms with Crippen LogP contribution < -0.4 is 10.6 Å². The van der Waals surface area contributed by atoms with Crippen molar-refractivity contribution in [2.24, 2.45) is 11.8 Å². The Kier molecular flexibility index (Phi) is 6.62. The molecule has 0 aliphatic carbocycles. The maximum atomic E-state index is 11.9. The average Bonchev–Trinajstić information content (AvgIpc) is 2.35. The number of carbonyl (C=O) groups excluding carboxylic acids is 1. The standard InChI is InChI=1S/C13H25N3O3/c1-10(2)7-11(8-12(17)18)9-15-13(19)16-5-3-14-4-6-16/h10-11,14H,3-9H2,1-2H3,(H,15,19)(H,17,18)/t11-/m0/s1. The molecular formula is C13H25N3O3. The molecule has 6 heteroatoms. The summed E-state index contributed by atoms with van der Waals surface area (Å²) in [6.45, 7) is 7.61. The summed E-state index contributed by atoms with van der Waals surface area (Å²) in [6.07, 6.45) is 0.925. The highest BCUT2D eigenvalue weighted by molar-refractivity contribution is 5.74. The van der Waals surface area contributed by atoms with Crippen LogP contribution in [0.5, 0.6) is 0 Å². The number of amides is 2. The largest absolute Gasteiger partial charge is 0.481 e. The van der Waals surface area contributed by atoms with Gasteiger partial charge in [-0.25, -0.2) is 4.79 Å². The molecule has 1 aliphatic heterocycles. The topological polar surface area (TPSA) is 81.7 Å². The van der Waals surface area contributed by atoms with Crippen molar-refractivity contribution in [1.82, 2.24) is 15.5 Å². The predicted molar refractivity (Wildman–Crippen MR) is 73.0 cm³/mol. The maximum absolute atomic E-state index is 11.9. The predicted octanol–water partition coefficient (Wildman–Crippen LogP) is 0.738. The molecule has 1 rings (SSSR count). The van der Waals surface area contributed by atoms with Crippen LogP contribution in [0.4, 0.5) is 4.79 Å². The number of carbonyl (C=O) groups is 2. The van der Waals surface area contributed by atoms with Crippen LogP contribution >= 0.6 is 0 Å². The van der Waals surface area contributed by atoms with Crippen molar-refractivity contribution in [3.63, 3.8) is 0 Å². The second-order valence-electron chi connectivity index (χ2n) is 5.52. The summed E-state index contributed by atoms with van der Waals surface area (Å²) in [5, 5.41) is 14.9. The van der Waals surface area contributed by atoms with Crippen molar-refractivity contribution in [1.29, 1.82) is 0 Å². The molecule has 0 aromatic carbocycles. The number of aliphatic carboxylic acids is 1. The molecule has 110 valence electrons. The van der Waals surface area contributed by atoms with Crippen molar-refractivity contribution in [2.45, 2.75) is 26.7 Å². The highest BCUT2D eigenvalue weighted by atomic mass is 16.4. The number of carboxylic acids is 1. The zero-order valence-corrected chi connectivity index (χ0v) is 11.8. The van der Waals surface area contributed by atoms with Gasteiger partial charge in [0.2, 0.25) is 0 Å². The number of hydrogen-bond donors (Lipinski definition) is 3. The second-order valence-corrected chi connectivity index (χ2v) is 5.52. The Hall–Kier alpha value is -1.30. The normalized spacial score (nSPS) is 17.3. The van der Waals surface area contributed by atoms with Gasteiger partial charge in [0.1, 0.15) is 0 Å². The van der Waals surface area contributed by atoms with E-state index >= 15 is 0 Å². The molecule has 6 nitrogen and oxygen atoms in total.